The highest BCUT2D eigenvalue weighted by molar-refractivity contribution is 8.00. The minimum Gasteiger partial charge on any atom is -0.507 e. The molecule has 116 valence electrons. The molecule has 0 atom stereocenters. The third-order valence-corrected chi connectivity index (χ3v) is 4.28. The second-order valence-corrected chi connectivity index (χ2v) is 6.09. The number of carbonyl (C=O) groups excluding carboxylic acids is 1. The van der Waals surface area contributed by atoms with Crippen LogP contribution < -0.4 is 5.32 Å². The van der Waals surface area contributed by atoms with Crippen molar-refractivity contribution in [3.63, 3.8) is 0 Å². The Balaban J connectivity index is 1.87. The van der Waals surface area contributed by atoms with Crippen molar-refractivity contribution in [2.75, 3.05) is 5.75 Å². The van der Waals surface area contributed by atoms with Gasteiger partial charge < -0.3 is 10.4 Å². The van der Waals surface area contributed by atoms with Crippen LogP contribution >= 0.6 is 11.8 Å². The van der Waals surface area contributed by atoms with Gasteiger partial charge in [-0.2, -0.15) is 0 Å². The van der Waals surface area contributed by atoms with E-state index in [1.807, 2.05) is 26.0 Å². The first-order valence-corrected chi connectivity index (χ1v) is 7.89. The van der Waals surface area contributed by atoms with Gasteiger partial charge in [0, 0.05) is 11.4 Å². The van der Waals surface area contributed by atoms with Gasteiger partial charge in [0.1, 0.15) is 11.6 Å². The Morgan fingerprint density at radius 2 is 1.86 bits per heavy atom. The van der Waals surface area contributed by atoms with Gasteiger partial charge in [0.2, 0.25) is 5.91 Å². The van der Waals surface area contributed by atoms with Gasteiger partial charge in [-0.3, -0.25) is 4.79 Å². The monoisotopic (exact) mass is 319 g/mol. The molecule has 2 aromatic carbocycles. The van der Waals surface area contributed by atoms with Gasteiger partial charge in [0.25, 0.3) is 0 Å². The number of benzene rings is 2. The number of carbonyl (C=O) groups is 1. The zero-order valence-corrected chi connectivity index (χ0v) is 13.3. The Labute approximate surface area is 133 Å². The van der Waals surface area contributed by atoms with Gasteiger partial charge in [0.15, 0.2) is 0 Å². The molecule has 3 nitrogen and oxygen atoms in total. The maximum absolute atomic E-state index is 13.4. The average molecular weight is 319 g/mol. The van der Waals surface area contributed by atoms with E-state index in [-0.39, 0.29) is 23.2 Å². The lowest BCUT2D eigenvalue weighted by atomic mass is 10.1. The van der Waals surface area contributed by atoms with Crippen molar-refractivity contribution in [3.05, 3.63) is 58.9 Å². The molecule has 0 heterocycles. The SMILES string of the molecule is Cc1cc(CNC(=O)CSc2ccccc2F)cc(C)c1O. The van der Waals surface area contributed by atoms with Crippen LogP contribution in [-0.2, 0) is 11.3 Å². The minimum atomic E-state index is -0.315. The summed E-state index contributed by atoms with van der Waals surface area (Å²) in [4.78, 5) is 12.3. The lowest BCUT2D eigenvalue weighted by Crippen LogP contribution is -2.24. The van der Waals surface area contributed by atoms with Crippen molar-refractivity contribution in [2.24, 2.45) is 0 Å². The number of phenols is 1. The zero-order valence-electron chi connectivity index (χ0n) is 12.5. The van der Waals surface area contributed by atoms with Gasteiger partial charge in [-0.05, 0) is 42.7 Å². The molecule has 0 saturated heterocycles. The summed E-state index contributed by atoms with van der Waals surface area (Å²) >= 11 is 1.17. The van der Waals surface area contributed by atoms with E-state index in [9.17, 15) is 14.3 Å². The number of nitrogens with one attached hydrogen (secondary N) is 1. The largest absolute Gasteiger partial charge is 0.507 e. The summed E-state index contributed by atoms with van der Waals surface area (Å²) in [5, 5.41) is 12.5. The van der Waals surface area contributed by atoms with Crippen molar-refractivity contribution < 1.29 is 14.3 Å². The van der Waals surface area contributed by atoms with E-state index in [4.69, 9.17) is 0 Å². The van der Waals surface area contributed by atoms with Crippen LogP contribution in [0.15, 0.2) is 41.3 Å². The Bertz CT molecular complexity index is 665. The van der Waals surface area contributed by atoms with Gasteiger partial charge in [-0.1, -0.05) is 24.3 Å². The normalized spacial score (nSPS) is 10.5. The third-order valence-electron chi connectivity index (χ3n) is 3.24. The van der Waals surface area contributed by atoms with Crippen LogP contribution in [0.1, 0.15) is 16.7 Å². The quantitative estimate of drug-likeness (QED) is 0.829. The third kappa shape index (κ3) is 4.24. The van der Waals surface area contributed by atoms with E-state index >= 15 is 0 Å². The zero-order chi connectivity index (χ0) is 16.1. The highest BCUT2D eigenvalue weighted by Crippen LogP contribution is 2.23. The summed E-state index contributed by atoms with van der Waals surface area (Å²) in [5.41, 5.74) is 2.49. The maximum Gasteiger partial charge on any atom is 0.230 e. The molecule has 0 spiro atoms. The highest BCUT2D eigenvalue weighted by Gasteiger charge is 2.08. The van der Waals surface area contributed by atoms with Crippen LogP contribution in [0.25, 0.3) is 0 Å². The number of amides is 1. The molecule has 2 rings (SSSR count). The molecule has 2 N–H and O–H groups in total. The van der Waals surface area contributed by atoms with E-state index in [0.29, 0.717) is 11.4 Å². The molecule has 0 fully saturated rings. The first-order chi connectivity index (χ1) is 10.5. The van der Waals surface area contributed by atoms with Crippen molar-refractivity contribution in [3.8, 4) is 5.75 Å². The summed E-state index contributed by atoms with van der Waals surface area (Å²) < 4.78 is 13.4. The Morgan fingerprint density at radius 1 is 1.23 bits per heavy atom. The first-order valence-electron chi connectivity index (χ1n) is 6.90. The fourth-order valence-electron chi connectivity index (χ4n) is 2.10. The molecule has 0 unspecified atom stereocenters. The minimum absolute atomic E-state index is 0.156. The van der Waals surface area contributed by atoms with Gasteiger partial charge in [0.05, 0.1) is 5.75 Å². The number of rotatable bonds is 5. The summed E-state index contributed by atoms with van der Waals surface area (Å²) in [7, 11) is 0. The van der Waals surface area contributed by atoms with Crippen LogP contribution in [0.5, 0.6) is 5.75 Å². The van der Waals surface area contributed by atoms with Crippen molar-refractivity contribution >= 4 is 17.7 Å². The molecule has 0 bridgehead atoms. The molecule has 0 aliphatic carbocycles. The van der Waals surface area contributed by atoms with E-state index < -0.39 is 0 Å². The Morgan fingerprint density at radius 3 is 2.50 bits per heavy atom. The molecule has 22 heavy (non-hydrogen) atoms. The van der Waals surface area contributed by atoms with Crippen molar-refractivity contribution in [2.45, 2.75) is 25.3 Å². The summed E-state index contributed by atoms with van der Waals surface area (Å²) in [6.07, 6.45) is 0. The van der Waals surface area contributed by atoms with Gasteiger partial charge in [-0.25, -0.2) is 4.39 Å². The average Bonchev–Trinajstić information content (AvgIpc) is 2.49. The van der Waals surface area contributed by atoms with Crippen LogP contribution in [-0.4, -0.2) is 16.8 Å². The maximum atomic E-state index is 13.4. The Kier molecular flexibility index (Phi) is 5.44. The number of aromatic hydroxyl groups is 1. The highest BCUT2D eigenvalue weighted by atomic mass is 32.2. The van der Waals surface area contributed by atoms with E-state index in [0.717, 1.165) is 16.7 Å². The predicted octanol–water partition coefficient (Wildman–Crippen LogP) is 3.56. The van der Waals surface area contributed by atoms with Crippen LogP contribution in [0.3, 0.4) is 0 Å². The molecule has 1 amide bonds. The fourth-order valence-corrected chi connectivity index (χ4v) is 2.87. The van der Waals surface area contributed by atoms with Crippen LogP contribution in [0.4, 0.5) is 4.39 Å². The van der Waals surface area contributed by atoms with E-state index in [1.165, 1.54) is 17.8 Å². The standard InChI is InChI=1S/C17H18FNO2S/c1-11-7-13(8-12(2)17(11)21)9-19-16(20)10-22-15-6-4-3-5-14(15)18/h3-8,21H,9-10H2,1-2H3,(H,19,20). The van der Waals surface area contributed by atoms with Crippen molar-refractivity contribution in [1.29, 1.82) is 0 Å². The van der Waals surface area contributed by atoms with Gasteiger partial charge >= 0.3 is 0 Å². The number of aryl methyl sites for hydroxylation is 2. The Hall–Kier alpha value is -2.01. The molecular weight excluding hydrogens is 301 g/mol. The van der Waals surface area contributed by atoms with Crippen LogP contribution in [0, 0.1) is 19.7 Å². The molecule has 0 saturated carbocycles. The number of phenolic OH excluding ortho intramolecular Hbond substituents is 1. The fraction of sp³-hybridized carbons (Fsp3) is 0.235. The molecule has 0 aromatic heterocycles. The molecule has 5 heteroatoms. The number of hydrogen-bond acceptors (Lipinski definition) is 3. The summed E-state index contributed by atoms with van der Waals surface area (Å²) in [6.45, 7) is 4.03. The molecular formula is C17H18FNO2S. The topological polar surface area (TPSA) is 49.3 Å². The van der Waals surface area contributed by atoms with Crippen LogP contribution in [0.2, 0.25) is 0 Å². The number of thioether (sulfide) groups is 1. The lowest BCUT2D eigenvalue weighted by Gasteiger charge is -2.09. The second-order valence-electron chi connectivity index (χ2n) is 5.07. The number of halogens is 1. The molecule has 0 radical (unpaired) electrons. The number of hydrogen-bond donors (Lipinski definition) is 2. The van der Waals surface area contributed by atoms with E-state index in [2.05, 4.69) is 5.32 Å². The molecule has 2 aromatic rings. The lowest BCUT2D eigenvalue weighted by molar-refractivity contribution is -0.118. The van der Waals surface area contributed by atoms with Gasteiger partial charge in [-0.15, -0.1) is 11.8 Å². The smallest absolute Gasteiger partial charge is 0.230 e. The first kappa shape index (κ1) is 16.4. The molecule has 0 aliphatic heterocycles. The van der Waals surface area contributed by atoms with E-state index in [1.54, 1.807) is 18.2 Å². The predicted molar refractivity (Wildman–Crippen MR) is 86.6 cm³/mol. The van der Waals surface area contributed by atoms with Crippen molar-refractivity contribution in [1.82, 2.24) is 5.32 Å². The summed E-state index contributed by atoms with van der Waals surface area (Å²) in [5.74, 6) is -0.0244. The molecule has 0 aliphatic rings. The summed E-state index contributed by atoms with van der Waals surface area (Å²) in [6, 6.07) is 10.1. The second kappa shape index (κ2) is 7.31.